The average molecular weight is 234 g/mol. The largest absolute Gasteiger partial charge is 0.324 e. The fraction of sp³-hybridized carbons (Fsp3) is 0. The van der Waals surface area contributed by atoms with Gasteiger partial charge in [0, 0.05) is 11.4 Å². The second kappa shape index (κ2) is 3.64. The van der Waals surface area contributed by atoms with E-state index in [9.17, 15) is 10.1 Å². The van der Waals surface area contributed by atoms with Gasteiger partial charge in [-0.05, 0) is 16.6 Å². The quantitative estimate of drug-likeness (QED) is 0.583. The molecule has 0 aliphatic rings. The van der Waals surface area contributed by atoms with Crippen LogP contribution in [0.4, 0.5) is 5.00 Å². The van der Waals surface area contributed by atoms with Gasteiger partial charge in [-0.3, -0.25) is 10.1 Å². The molecule has 5 heteroatoms. The minimum Gasteiger partial charge on any atom is -0.258 e. The Morgan fingerprint density at radius 2 is 2.45 bits per heavy atom. The first kappa shape index (κ1) is 8.42. The topological polar surface area (TPSA) is 43.1 Å². The summed E-state index contributed by atoms with van der Waals surface area (Å²) < 4.78 is 0. The highest BCUT2D eigenvalue weighted by Gasteiger charge is 2.06. The van der Waals surface area contributed by atoms with Crippen LogP contribution in [0.5, 0.6) is 0 Å². The van der Waals surface area contributed by atoms with Crippen molar-refractivity contribution in [3.8, 4) is 0 Å². The molecular formula is C6H4BrNO2S. The predicted octanol–water partition coefficient (Wildman–Crippen LogP) is 3.02. The highest BCUT2D eigenvalue weighted by Crippen LogP contribution is 2.23. The van der Waals surface area contributed by atoms with Crippen LogP contribution >= 0.6 is 27.3 Å². The molecule has 11 heavy (non-hydrogen) atoms. The van der Waals surface area contributed by atoms with E-state index < -0.39 is 4.92 Å². The van der Waals surface area contributed by atoms with Crippen molar-refractivity contribution < 1.29 is 4.92 Å². The predicted molar refractivity (Wildman–Crippen MR) is 48.9 cm³/mol. The fourth-order valence-corrected chi connectivity index (χ4v) is 1.59. The van der Waals surface area contributed by atoms with Gasteiger partial charge in [-0.25, -0.2) is 0 Å². The zero-order chi connectivity index (χ0) is 8.27. The Bertz CT molecular complexity index is 295. The maximum absolute atomic E-state index is 10.2. The molecule has 0 N–H and O–H groups in total. The number of hydrogen-bond acceptors (Lipinski definition) is 3. The molecule has 0 atom stereocenters. The Hall–Kier alpha value is -0.680. The van der Waals surface area contributed by atoms with Gasteiger partial charge in [-0.1, -0.05) is 27.3 Å². The van der Waals surface area contributed by atoms with E-state index in [1.807, 2.05) is 0 Å². The molecule has 0 bridgehead atoms. The zero-order valence-electron chi connectivity index (χ0n) is 5.36. The number of nitro groups is 1. The summed E-state index contributed by atoms with van der Waals surface area (Å²) in [5.41, 5.74) is 0.846. The van der Waals surface area contributed by atoms with Crippen LogP contribution in [0.15, 0.2) is 16.4 Å². The lowest BCUT2D eigenvalue weighted by atomic mass is 10.3. The van der Waals surface area contributed by atoms with Crippen LogP contribution in [0.3, 0.4) is 0 Å². The van der Waals surface area contributed by atoms with E-state index in [0.29, 0.717) is 0 Å². The third-order valence-corrected chi connectivity index (χ3v) is 2.20. The molecule has 1 aromatic heterocycles. The van der Waals surface area contributed by atoms with Crippen LogP contribution in [0.1, 0.15) is 5.56 Å². The van der Waals surface area contributed by atoms with Crippen LogP contribution in [-0.4, -0.2) is 4.92 Å². The summed E-state index contributed by atoms with van der Waals surface area (Å²) in [5, 5.41) is 12.1. The third kappa shape index (κ3) is 2.13. The first-order chi connectivity index (χ1) is 5.24. The molecule has 1 rings (SSSR count). The van der Waals surface area contributed by atoms with Gasteiger partial charge in [0.1, 0.15) is 0 Å². The van der Waals surface area contributed by atoms with E-state index in [4.69, 9.17) is 0 Å². The van der Waals surface area contributed by atoms with Crippen molar-refractivity contribution in [3.63, 3.8) is 0 Å². The molecular weight excluding hydrogens is 230 g/mol. The van der Waals surface area contributed by atoms with Gasteiger partial charge in [0.2, 0.25) is 0 Å². The van der Waals surface area contributed by atoms with Gasteiger partial charge in [0.15, 0.2) is 0 Å². The standard InChI is InChI=1S/C6H4BrNO2S/c7-2-1-5-3-6(8(9)10)11-4-5/h1-4H/b2-1+. The van der Waals surface area contributed by atoms with Gasteiger partial charge in [0.05, 0.1) is 4.92 Å². The summed E-state index contributed by atoms with van der Waals surface area (Å²) in [6, 6.07) is 1.53. The first-order valence-electron chi connectivity index (χ1n) is 2.73. The summed E-state index contributed by atoms with van der Waals surface area (Å²) in [6.45, 7) is 0. The van der Waals surface area contributed by atoms with Crippen LogP contribution < -0.4 is 0 Å². The molecule has 0 aromatic carbocycles. The molecule has 0 unspecified atom stereocenters. The Balaban J connectivity index is 2.90. The van der Waals surface area contributed by atoms with Crippen molar-refractivity contribution >= 4 is 38.3 Å². The molecule has 58 valence electrons. The summed E-state index contributed by atoms with van der Waals surface area (Å²) in [6.07, 6.45) is 1.75. The fourth-order valence-electron chi connectivity index (χ4n) is 0.595. The summed E-state index contributed by atoms with van der Waals surface area (Å²) in [7, 11) is 0. The zero-order valence-corrected chi connectivity index (χ0v) is 7.76. The number of thiophene rings is 1. The Kier molecular flexibility index (Phi) is 2.78. The molecule has 0 radical (unpaired) electrons. The molecule has 0 saturated heterocycles. The van der Waals surface area contributed by atoms with E-state index in [1.165, 1.54) is 6.07 Å². The lowest BCUT2D eigenvalue weighted by Gasteiger charge is -1.78. The SMILES string of the molecule is O=[N+]([O-])c1cc(/C=C/Br)cs1. The van der Waals surface area contributed by atoms with Crippen LogP contribution in [0.25, 0.3) is 6.08 Å². The average Bonchev–Trinajstić information content (AvgIpc) is 2.37. The lowest BCUT2D eigenvalue weighted by molar-refractivity contribution is -0.380. The summed E-state index contributed by atoms with van der Waals surface area (Å²) in [5.74, 6) is 0. The second-order valence-electron chi connectivity index (χ2n) is 1.77. The Labute approximate surface area is 75.6 Å². The van der Waals surface area contributed by atoms with Crippen molar-refractivity contribution in [2.45, 2.75) is 0 Å². The van der Waals surface area contributed by atoms with Crippen LogP contribution in [0.2, 0.25) is 0 Å². The second-order valence-corrected chi connectivity index (χ2v) is 3.19. The minimum atomic E-state index is -0.393. The molecule has 0 saturated carbocycles. The molecule has 0 fully saturated rings. The maximum Gasteiger partial charge on any atom is 0.324 e. The van der Waals surface area contributed by atoms with Crippen molar-refractivity contribution in [3.05, 3.63) is 32.1 Å². The normalized spacial score (nSPS) is 10.6. The molecule has 3 nitrogen and oxygen atoms in total. The maximum atomic E-state index is 10.2. The van der Waals surface area contributed by atoms with E-state index in [2.05, 4.69) is 15.9 Å². The van der Waals surface area contributed by atoms with Crippen molar-refractivity contribution in [2.24, 2.45) is 0 Å². The summed E-state index contributed by atoms with van der Waals surface area (Å²) in [4.78, 5) is 11.5. The van der Waals surface area contributed by atoms with E-state index in [-0.39, 0.29) is 5.00 Å². The van der Waals surface area contributed by atoms with Crippen molar-refractivity contribution in [1.29, 1.82) is 0 Å². The molecule has 0 aliphatic heterocycles. The highest BCUT2D eigenvalue weighted by atomic mass is 79.9. The van der Waals surface area contributed by atoms with Gasteiger partial charge in [-0.15, -0.1) is 0 Å². The number of rotatable bonds is 2. The molecule has 0 amide bonds. The van der Waals surface area contributed by atoms with Gasteiger partial charge < -0.3 is 0 Å². The lowest BCUT2D eigenvalue weighted by Crippen LogP contribution is -1.80. The molecule has 0 aliphatic carbocycles. The van der Waals surface area contributed by atoms with Crippen molar-refractivity contribution in [2.75, 3.05) is 0 Å². The molecule has 1 heterocycles. The van der Waals surface area contributed by atoms with Gasteiger partial charge >= 0.3 is 5.00 Å². The van der Waals surface area contributed by atoms with Crippen molar-refractivity contribution in [1.82, 2.24) is 0 Å². The molecule has 1 aromatic rings. The smallest absolute Gasteiger partial charge is 0.258 e. The Morgan fingerprint density at radius 3 is 2.91 bits per heavy atom. The van der Waals surface area contributed by atoms with Crippen LogP contribution in [-0.2, 0) is 0 Å². The monoisotopic (exact) mass is 233 g/mol. The van der Waals surface area contributed by atoms with E-state index in [0.717, 1.165) is 16.9 Å². The third-order valence-electron chi connectivity index (χ3n) is 1.04. The van der Waals surface area contributed by atoms with Crippen LogP contribution in [0, 0.1) is 10.1 Å². The first-order valence-corrected chi connectivity index (χ1v) is 4.53. The summed E-state index contributed by atoms with van der Waals surface area (Å²) >= 11 is 4.21. The van der Waals surface area contributed by atoms with E-state index >= 15 is 0 Å². The Morgan fingerprint density at radius 1 is 1.73 bits per heavy atom. The number of hydrogen-bond donors (Lipinski definition) is 0. The minimum absolute atomic E-state index is 0.172. The highest BCUT2D eigenvalue weighted by molar-refractivity contribution is 9.11. The van der Waals surface area contributed by atoms with Gasteiger partial charge in [-0.2, -0.15) is 0 Å². The number of halogens is 1. The molecule has 0 spiro atoms. The van der Waals surface area contributed by atoms with E-state index in [1.54, 1.807) is 16.4 Å². The van der Waals surface area contributed by atoms with Gasteiger partial charge in [0.25, 0.3) is 0 Å². The number of nitrogens with zero attached hydrogens (tertiary/aromatic N) is 1.